The monoisotopic (exact) mass is 747 g/mol. The Kier molecular flexibility index (Phi) is 9.45. The van der Waals surface area contributed by atoms with Crippen LogP contribution in [0.4, 0.5) is 17.6 Å². The Morgan fingerprint density at radius 3 is 1.92 bits per heavy atom. The fraction of sp³-hybridized carbons (Fsp3) is 0.333. The number of hydrogen-bond acceptors (Lipinski definition) is 3. The summed E-state index contributed by atoms with van der Waals surface area (Å²) < 4.78 is 63.2. The number of hydrogen-bond donors (Lipinski definition) is 1. The van der Waals surface area contributed by atoms with Crippen LogP contribution < -0.4 is 21.2 Å². The topological polar surface area (TPSA) is 29.5 Å². The summed E-state index contributed by atoms with van der Waals surface area (Å²) in [6, 6.07) is 21.5. The van der Waals surface area contributed by atoms with Gasteiger partial charge in [-0.3, -0.25) is 0 Å². The van der Waals surface area contributed by atoms with E-state index < -0.39 is 61.8 Å². The van der Waals surface area contributed by atoms with Crippen LogP contribution in [0.15, 0.2) is 83.8 Å². The number of alkyl halides is 6. The number of halogens is 6. The first-order chi connectivity index (χ1) is 16.6. The van der Waals surface area contributed by atoms with Gasteiger partial charge in [-0.25, -0.2) is 0 Å². The number of rotatable bonds is 10. The predicted molar refractivity (Wildman–Crippen MR) is 142 cm³/mol. The molecule has 36 heavy (non-hydrogen) atoms. The minimum absolute atomic E-state index is 0.0918. The maximum absolute atomic E-state index is 15.1. The summed E-state index contributed by atoms with van der Waals surface area (Å²) in [6.45, 7) is 6.98. The molecule has 0 amide bonds. The molecule has 3 aromatic rings. The molecule has 0 saturated heterocycles. The van der Waals surface area contributed by atoms with Crippen LogP contribution in [-0.4, -0.2) is 19.2 Å². The molecule has 0 aromatic heterocycles. The van der Waals surface area contributed by atoms with Gasteiger partial charge >= 0.3 is 234 Å². The first-order valence-corrected chi connectivity index (χ1v) is 18.1. The van der Waals surface area contributed by atoms with Crippen LogP contribution in [0.5, 0.6) is 0 Å². The number of thioether (sulfide) groups is 1. The van der Waals surface area contributed by atoms with Crippen LogP contribution in [-0.2, 0) is 14.3 Å². The van der Waals surface area contributed by atoms with Crippen molar-refractivity contribution in [2.75, 3.05) is 4.93 Å². The molecule has 9 heteroatoms. The van der Waals surface area contributed by atoms with Gasteiger partial charge in [0.05, 0.1) is 0 Å². The molecular formula is C27H29F4I2O2S+. The number of aliphatic hydroxyl groups is 1. The first kappa shape index (κ1) is 29.7. The Morgan fingerprint density at radius 1 is 0.778 bits per heavy atom. The molecule has 0 fully saturated rings. The second kappa shape index (κ2) is 11.5. The zero-order valence-corrected chi connectivity index (χ0v) is 25.7. The van der Waals surface area contributed by atoms with Gasteiger partial charge in [0.2, 0.25) is 0 Å². The molecule has 0 aliphatic rings. The van der Waals surface area contributed by atoms with Gasteiger partial charge < -0.3 is 0 Å². The van der Waals surface area contributed by atoms with E-state index >= 15 is 8.78 Å². The second-order valence-electron chi connectivity index (χ2n) is 9.05. The molecule has 2 nitrogen and oxygen atoms in total. The molecule has 0 aliphatic heterocycles. The molecule has 3 aromatic carbocycles. The Bertz CT molecular complexity index is 1170. The SMILES string of the molecule is CI(OC(C)(C)c1ccccc1[I+]C(F)(F)C(F)(F)Sc1ccccc1)c1ccccc1C(C)(C)O. The minimum atomic E-state index is -4.26. The van der Waals surface area contributed by atoms with E-state index in [4.69, 9.17) is 3.07 Å². The molecule has 0 bridgehead atoms. The van der Waals surface area contributed by atoms with E-state index in [1.807, 2.05) is 29.2 Å². The van der Waals surface area contributed by atoms with Crippen molar-refractivity contribution >= 4 is 32.0 Å². The van der Waals surface area contributed by atoms with E-state index in [0.29, 0.717) is 5.56 Å². The van der Waals surface area contributed by atoms with Crippen molar-refractivity contribution in [2.24, 2.45) is 0 Å². The molecule has 0 spiro atoms. The average Bonchev–Trinajstić information content (AvgIpc) is 2.78. The molecule has 3 rings (SSSR count). The molecule has 0 saturated carbocycles. The summed E-state index contributed by atoms with van der Waals surface area (Å²) >= 11 is -4.86. The van der Waals surface area contributed by atoms with Crippen LogP contribution in [0.3, 0.4) is 0 Å². The van der Waals surface area contributed by atoms with Gasteiger partial charge in [0.1, 0.15) is 0 Å². The van der Waals surface area contributed by atoms with Gasteiger partial charge in [0, 0.05) is 0 Å². The van der Waals surface area contributed by atoms with Crippen molar-refractivity contribution in [3.8, 4) is 0 Å². The third-order valence-electron chi connectivity index (χ3n) is 5.19. The van der Waals surface area contributed by atoms with E-state index in [-0.39, 0.29) is 20.2 Å². The summed E-state index contributed by atoms with van der Waals surface area (Å²) in [4.78, 5) is 2.07. The molecule has 196 valence electrons. The van der Waals surface area contributed by atoms with E-state index in [1.165, 1.54) is 18.2 Å². The molecule has 0 unspecified atom stereocenters. The van der Waals surface area contributed by atoms with Crippen molar-refractivity contribution in [1.29, 1.82) is 0 Å². The quantitative estimate of drug-likeness (QED) is 0.132. The van der Waals surface area contributed by atoms with Gasteiger partial charge in [-0.1, -0.05) is 0 Å². The Hall–Kier alpha value is -0.890. The van der Waals surface area contributed by atoms with E-state index in [0.717, 1.165) is 9.13 Å². The maximum atomic E-state index is 15.1. The van der Waals surface area contributed by atoms with Gasteiger partial charge in [-0.15, -0.1) is 0 Å². The zero-order valence-electron chi connectivity index (χ0n) is 20.5. The Morgan fingerprint density at radius 2 is 1.31 bits per heavy atom. The first-order valence-electron chi connectivity index (χ1n) is 11.0. The van der Waals surface area contributed by atoms with Gasteiger partial charge in [0.15, 0.2) is 0 Å². The van der Waals surface area contributed by atoms with E-state index in [9.17, 15) is 13.9 Å². The standard InChI is InChI=1S/C27H29F4I2O2S/c1-24(2,34)21-16-10-12-18-23(21)33(5)35-25(3,4)20-15-9-11-17-22(20)32-26(28,29)27(30,31)36-19-13-7-6-8-14-19/h6-18,34H,1-5H3/q+1. The van der Waals surface area contributed by atoms with E-state index in [1.54, 1.807) is 64.1 Å². The summed E-state index contributed by atoms with van der Waals surface area (Å²) in [5.74, 6) is 0. The van der Waals surface area contributed by atoms with Crippen LogP contribution in [0, 0.1) is 7.14 Å². The molecule has 1 N–H and O–H groups in total. The van der Waals surface area contributed by atoms with Gasteiger partial charge in [0.25, 0.3) is 0 Å². The summed E-state index contributed by atoms with van der Waals surface area (Å²) in [5.41, 5.74) is -0.801. The molecule has 0 aliphatic carbocycles. The number of benzene rings is 3. The van der Waals surface area contributed by atoms with Crippen molar-refractivity contribution < 1.29 is 46.9 Å². The predicted octanol–water partition coefficient (Wildman–Crippen LogP) is 5.32. The second-order valence-corrected chi connectivity index (χ2v) is 17.3. The average molecular weight is 747 g/mol. The van der Waals surface area contributed by atoms with E-state index in [2.05, 4.69) is 0 Å². The van der Waals surface area contributed by atoms with Crippen LogP contribution in [0.25, 0.3) is 0 Å². The van der Waals surface area contributed by atoms with Gasteiger partial charge in [-0.2, -0.15) is 0 Å². The Labute approximate surface area is 232 Å². The van der Waals surface area contributed by atoms with Crippen molar-refractivity contribution in [3.05, 3.63) is 97.1 Å². The van der Waals surface area contributed by atoms with Crippen molar-refractivity contribution in [3.63, 3.8) is 0 Å². The summed E-state index contributed by atoms with van der Waals surface area (Å²) in [7, 11) is 0. The third kappa shape index (κ3) is 7.15. The van der Waals surface area contributed by atoms with Crippen LogP contribution in [0.1, 0.15) is 38.8 Å². The summed E-state index contributed by atoms with van der Waals surface area (Å²) in [5, 5.41) is 6.35. The van der Waals surface area contributed by atoms with Crippen LogP contribution in [0.2, 0.25) is 0 Å². The van der Waals surface area contributed by atoms with Crippen molar-refractivity contribution in [2.45, 2.75) is 53.0 Å². The summed E-state index contributed by atoms with van der Waals surface area (Å²) in [6.07, 6.45) is 0. The molecule has 0 radical (unpaired) electrons. The molecule has 0 heterocycles. The zero-order chi connectivity index (χ0) is 26.8. The van der Waals surface area contributed by atoms with Crippen LogP contribution >= 0.6 is 32.0 Å². The Balaban J connectivity index is 1.87. The fourth-order valence-electron chi connectivity index (χ4n) is 3.47. The molecule has 0 atom stereocenters. The van der Waals surface area contributed by atoms with Crippen molar-refractivity contribution in [1.82, 2.24) is 0 Å². The molecular weight excluding hydrogens is 718 g/mol. The van der Waals surface area contributed by atoms with Gasteiger partial charge in [-0.05, 0) is 0 Å². The fourth-order valence-corrected chi connectivity index (χ4v) is 11.8. The third-order valence-corrected chi connectivity index (χ3v) is 13.8. The normalized spacial score (nSPS) is 13.6.